The number of H-pyrrole nitrogens is 1. The molecule has 1 aromatic heterocycles. The summed E-state index contributed by atoms with van der Waals surface area (Å²) in [5.41, 5.74) is 3.46. The normalized spacial score (nSPS) is 19.4. The zero-order valence-electron chi connectivity index (χ0n) is 24.1. The lowest BCUT2D eigenvalue weighted by atomic mass is 9.79. The van der Waals surface area contributed by atoms with Crippen LogP contribution in [0.4, 0.5) is 28.4 Å². The number of likely N-dealkylation sites (tertiary alicyclic amines) is 1. The summed E-state index contributed by atoms with van der Waals surface area (Å²) in [7, 11) is 0. The van der Waals surface area contributed by atoms with Gasteiger partial charge < -0.3 is 25.8 Å². The maximum atomic E-state index is 14.0. The maximum Gasteiger partial charge on any atom is 0.416 e. The number of aromatic nitrogens is 2. The van der Waals surface area contributed by atoms with Gasteiger partial charge in [0.1, 0.15) is 6.04 Å². The molecule has 4 aromatic rings. The standard InChI is InChI=1S/C32H30F3N7O3/c33-32(34,35)21-8-5-19(6-9-21)17-42-18-23-20(7-10-25-22(23)16-36-40-25)15-27(28(42)43)38-30(45)41-13-11-31(12-14-41)24-3-1-2-4-26(24)37-29(44)39-31/h1-10,16,27H,11-15,17-18H2,(H,36,40)(H,38,45)(H2,37,39,44)/t27-/m1/s1. The van der Waals surface area contributed by atoms with E-state index in [9.17, 15) is 27.6 Å². The van der Waals surface area contributed by atoms with Crippen molar-refractivity contribution in [3.63, 3.8) is 0 Å². The monoisotopic (exact) mass is 617 g/mol. The van der Waals surface area contributed by atoms with E-state index in [1.54, 1.807) is 16.0 Å². The van der Waals surface area contributed by atoms with Gasteiger partial charge >= 0.3 is 18.2 Å². The fourth-order valence-electron chi connectivity index (χ4n) is 6.74. The number of para-hydroxylation sites is 1. The van der Waals surface area contributed by atoms with Gasteiger partial charge in [0.2, 0.25) is 5.91 Å². The van der Waals surface area contributed by atoms with Crippen molar-refractivity contribution in [1.29, 1.82) is 0 Å². The number of halogens is 3. The van der Waals surface area contributed by atoms with Gasteiger partial charge in [-0.3, -0.25) is 9.89 Å². The molecule has 13 heteroatoms. The summed E-state index contributed by atoms with van der Waals surface area (Å²) in [6.07, 6.45) is -1.52. The van der Waals surface area contributed by atoms with Crippen LogP contribution in [0.1, 0.15) is 40.7 Å². The molecular formula is C32H30F3N7O3. The zero-order chi connectivity index (χ0) is 31.3. The Kier molecular flexibility index (Phi) is 6.90. The minimum absolute atomic E-state index is 0.0659. The first kappa shape index (κ1) is 28.7. The van der Waals surface area contributed by atoms with Gasteiger partial charge in [-0.05, 0) is 53.8 Å². The highest BCUT2D eigenvalue weighted by atomic mass is 19.4. The van der Waals surface area contributed by atoms with Crippen LogP contribution < -0.4 is 16.0 Å². The predicted molar refractivity (Wildman–Crippen MR) is 159 cm³/mol. The number of alkyl halides is 3. The molecule has 3 aliphatic rings. The Balaban J connectivity index is 1.11. The van der Waals surface area contributed by atoms with Crippen molar-refractivity contribution in [3.8, 4) is 0 Å². The third kappa shape index (κ3) is 5.32. The molecule has 1 atom stereocenters. The molecule has 7 rings (SSSR count). The number of hydrogen-bond donors (Lipinski definition) is 4. The van der Waals surface area contributed by atoms with Gasteiger partial charge in [0.15, 0.2) is 0 Å². The molecule has 0 radical (unpaired) electrons. The number of nitrogens with zero attached hydrogens (tertiary/aromatic N) is 3. The average molecular weight is 618 g/mol. The van der Waals surface area contributed by atoms with Crippen molar-refractivity contribution in [2.24, 2.45) is 0 Å². The fraction of sp³-hybridized carbons (Fsp3) is 0.312. The summed E-state index contributed by atoms with van der Waals surface area (Å²) in [6, 6.07) is 14.6. The van der Waals surface area contributed by atoms with Crippen LogP contribution in [-0.2, 0) is 36.0 Å². The fourth-order valence-corrected chi connectivity index (χ4v) is 6.74. The Morgan fingerprint density at radius 1 is 1.02 bits per heavy atom. The third-order valence-electron chi connectivity index (χ3n) is 9.12. The Morgan fingerprint density at radius 3 is 2.53 bits per heavy atom. The molecule has 0 unspecified atom stereocenters. The van der Waals surface area contributed by atoms with Crippen LogP contribution in [0.15, 0.2) is 66.9 Å². The lowest BCUT2D eigenvalue weighted by molar-refractivity contribution is -0.137. The molecule has 10 nitrogen and oxygen atoms in total. The Morgan fingerprint density at radius 2 is 1.78 bits per heavy atom. The summed E-state index contributed by atoms with van der Waals surface area (Å²) in [5.74, 6) is -0.330. The number of benzene rings is 3. The molecule has 4 heterocycles. The van der Waals surface area contributed by atoms with Crippen molar-refractivity contribution >= 4 is 34.6 Å². The number of aromatic amines is 1. The SMILES string of the molecule is O=C1Nc2ccccc2C2(CCN(C(=O)N[C@@H]3Cc4ccc5[nH]ncc5c4CN(Cc4ccc(C(F)(F)F)cc4)C3=O)CC2)N1. The second kappa shape index (κ2) is 10.8. The highest BCUT2D eigenvalue weighted by Crippen LogP contribution is 2.39. The van der Waals surface area contributed by atoms with Crippen molar-refractivity contribution in [1.82, 2.24) is 30.6 Å². The van der Waals surface area contributed by atoms with Gasteiger partial charge in [-0.15, -0.1) is 0 Å². The van der Waals surface area contributed by atoms with Crippen LogP contribution >= 0.6 is 0 Å². The zero-order valence-corrected chi connectivity index (χ0v) is 24.1. The number of urea groups is 2. The molecule has 0 aliphatic carbocycles. The van der Waals surface area contributed by atoms with E-state index in [1.165, 1.54) is 12.1 Å². The number of fused-ring (bicyclic) bond motifs is 5. The van der Waals surface area contributed by atoms with E-state index in [1.807, 2.05) is 36.4 Å². The molecule has 4 N–H and O–H groups in total. The molecule has 1 fully saturated rings. The number of anilines is 1. The summed E-state index contributed by atoms with van der Waals surface area (Å²) < 4.78 is 39.5. The van der Waals surface area contributed by atoms with Crippen LogP contribution in [0.3, 0.4) is 0 Å². The van der Waals surface area contributed by atoms with Crippen LogP contribution in [-0.4, -0.2) is 57.1 Å². The Hall–Kier alpha value is -5.07. The number of nitrogens with one attached hydrogen (secondary N) is 4. The number of rotatable bonds is 3. The van der Waals surface area contributed by atoms with Crippen LogP contribution in [0, 0.1) is 0 Å². The van der Waals surface area contributed by atoms with E-state index in [-0.39, 0.29) is 37.5 Å². The smallest absolute Gasteiger partial charge is 0.332 e. The Bertz CT molecular complexity index is 1800. The van der Waals surface area contributed by atoms with Gasteiger partial charge in [0.25, 0.3) is 0 Å². The predicted octanol–water partition coefficient (Wildman–Crippen LogP) is 4.87. The van der Waals surface area contributed by atoms with Crippen molar-refractivity contribution in [2.45, 2.75) is 50.1 Å². The first-order valence-corrected chi connectivity index (χ1v) is 14.7. The number of carbonyl (C=O) groups excluding carboxylic acids is 3. The molecule has 45 heavy (non-hydrogen) atoms. The molecule has 3 aromatic carbocycles. The molecule has 0 bridgehead atoms. The quantitative estimate of drug-likeness (QED) is 0.262. The van der Waals surface area contributed by atoms with Gasteiger partial charge in [-0.2, -0.15) is 18.3 Å². The largest absolute Gasteiger partial charge is 0.416 e. The maximum absolute atomic E-state index is 14.0. The summed E-state index contributed by atoms with van der Waals surface area (Å²) >= 11 is 0. The van der Waals surface area contributed by atoms with Gasteiger partial charge in [0, 0.05) is 49.2 Å². The first-order valence-electron chi connectivity index (χ1n) is 14.7. The Labute approximate surface area is 256 Å². The number of hydrogen-bond acceptors (Lipinski definition) is 4. The second-order valence-electron chi connectivity index (χ2n) is 11.8. The van der Waals surface area contributed by atoms with Crippen molar-refractivity contribution in [2.75, 3.05) is 18.4 Å². The highest BCUT2D eigenvalue weighted by Gasteiger charge is 2.43. The van der Waals surface area contributed by atoms with Crippen molar-refractivity contribution < 1.29 is 27.6 Å². The van der Waals surface area contributed by atoms with E-state index in [0.717, 1.165) is 45.4 Å². The lowest BCUT2D eigenvalue weighted by Crippen LogP contribution is -2.59. The molecular weight excluding hydrogens is 587 g/mol. The molecule has 0 saturated carbocycles. The minimum Gasteiger partial charge on any atom is -0.332 e. The molecule has 1 spiro atoms. The van der Waals surface area contributed by atoms with Gasteiger partial charge in [0.05, 0.1) is 22.8 Å². The van der Waals surface area contributed by atoms with E-state index < -0.39 is 23.3 Å². The van der Waals surface area contributed by atoms with Crippen LogP contribution in [0.2, 0.25) is 0 Å². The summed E-state index contributed by atoms with van der Waals surface area (Å²) in [6.45, 7) is 1.000. The van der Waals surface area contributed by atoms with Crippen molar-refractivity contribution in [3.05, 3.63) is 94.7 Å². The van der Waals surface area contributed by atoms with Gasteiger partial charge in [-0.25, -0.2) is 9.59 Å². The number of carbonyl (C=O) groups is 3. The van der Waals surface area contributed by atoms with Crippen LogP contribution in [0.25, 0.3) is 10.9 Å². The highest BCUT2D eigenvalue weighted by molar-refractivity contribution is 5.94. The van der Waals surface area contributed by atoms with E-state index in [4.69, 9.17) is 0 Å². The van der Waals surface area contributed by atoms with Crippen LogP contribution in [0.5, 0.6) is 0 Å². The number of piperidine rings is 1. The molecule has 232 valence electrons. The average Bonchev–Trinajstić information content (AvgIpc) is 3.46. The van der Waals surface area contributed by atoms with E-state index >= 15 is 0 Å². The molecule has 5 amide bonds. The second-order valence-corrected chi connectivity index (χ2v) is 11.8. The van der Waals surface area contributed by atoms with Gasteiger partial charge in [-0.1, -0.05) is 36.4 Å². The topological polar surface area (TPSA) is 122 Å². The van der Waals surface area contributed by atoms with E-state index in [2.05, 4.69) is 26.1 Å². The summed E-state index contributed by atoms with van der Waals surface area (Å²) in [4.78, 5) is 43.2. The lowest BCUT2D eigenvalue weighted by Gasteiger charge is -2.45. The summed E-state index contributed by atoms with van der Waals surface area (Å²) in [5, 5.41) is 16.8. The molecule has 3 aliphatic heterocycles. The molecule has 1 saturated heterocycles. The third-order valence-corrected chi connectivity index (χ3v) is 9.12. The first-order chi connectivity index (χ1) is 21.6. The minimum atomic E-state index is -4.46. The number of amides is 5. The van der Waals surface area contributed by atoms with E-state index in [0.29, 0.717) is 31.5 Å².